The van der Waals surface area contributed by atoms with E-state index in [1.165, 1.54) is 11.1 Å². The van der Waals surface area contributed by atoms with E-state index in [0.717, 1.165) is 25.1 Å². The second kappa shape index (κ2) is 6.88. The molecule has 1 heterocycles. The van der Waals surface area contributed by atoms with E-state index in [-0.39, 0.29) is 6.04 Å². The molecular formula is C15H21ClN4. The number of halogens is 1. The summed E-state index contributed by atoms with van der Waals surface area (Å²) in [6.07, 6.45) is 3.48. The molecule has 0 bridgehead atoms. The van der Waals surface area contributed by atoms with Gasteiger partial charge in [0, 0.05) is 6.54 Å². The molecule has 1 atom stereocenters. The summed E-state index contributed by atoms with van der Waals surface area (Å²) in [4.78, 5) is 0. The number of hydrogen-bond acceptors (Lipinski definition) is 3. The zero-order chi connectivity index (χ0) is 14.5. The first-order valence-electron chi connectivity index (χ1n) is 6.88. The van der Waals surface area contributed by atoms with Crippen LogP contribution in [0.15, 0.2) is 30.5 Å². The lowest BCUT2D eigenvalue weighted by atomic mass is 10.0. The zero-order valence-corrected chi connectivity index (χ0v) is 12.7. The summed E-state index contributed by atoms with van der Waals surface area (Å²) in [6.45, 7) is 5.04. The van der Waals surface area contributed by atoms with Crippen LogP contribution in [-0.4, -0.2) is 9.78 Å². The van der Waals surface area contributed by atoms with Crippen LogP contribution in [0.5, 0.6) is 0 Å². The highest BCUT2D eigenvalue weighted by Crippen LogP contribution is 2.25. The molecule has 0 radical (unpaired) electrons. The van der Waals surface area contributed by atoms with Crippen molar-refractivity contribution < 1.29 is 0 Å². The Morgan fingerprint density at radius 2 is 2.25 bits per heavy atom. The van der Waals surface area contributed by atoms with Crippen molar-refractivity contribution in [2.24, 2.45) is 5.84 Å². The fourth-order valence-corrected chi connectivity index (χ4v) is 2.69. The highest BCUT2D eigenvalue weighted by atomic mass is 35.5. The number of hydrazine groups is 1. The van der Waals surface area contributed by atoms with E-state index in [1.54, 1.807) is 6.20 Å². The van der Waals surface area contributed by atoms with Crippen LogP contribution in [0.4, 0.5) is 0 Å². The van der Waals surface area contributed by atoms with Gasteiger partial charge in [-0.2, -0.15) is 5.10 Å². The van der Waals surface area contributed by atoms with Crippen LogP contribution in [0.1, 0.15) is 36.2 Å². The zero-order valence-electron chi connectivity index (χ0n) is 11.9. The van der Waals surface area contributed by atoms with E-state index in [1.807, 2.05) is 4.68 Å². The lowest BCUT2D eigenvalue weighted by molar-refractivity contribution is 0.478. The van der Waals surface area contributed by atoms with Gasteiger partial charge in [-0.15, -0.1) is 0 Å². The van der Waals surface area contributed by atoms with E-state index in [4.69, 9.17) is 17.4 Å². The summed E-state index contributed by atoms with van der Waals surface area (Å²) < 4.78 is 1.93. The Morgan fingerprint density at radius 3 is 2.90 bits per heavy atom. The maximum absolute atomic E-state index is 6.27. The summed E-state index contributed by atoms with van der Waals surface area (Å²) >= 11 is 6.27. The van der Waals surface area contributed by atoms with Gasteiger partial charge in [-0.05, 0) is 25.3 Å². The Balaban J connectivity index is 2.26. The second-order valence-corrected chi connectivity index (χ2v) is 5.42. The average molecular weight is 293 g/mol. The largest absolute Gasteiger partial charge is 0.271 e. The molecule has 0 saturated heterocycles. The minimum absolute atomic E-state index is 0.0432. The molecule has 0 aliphatic heterocycles. The van der Waals surface area contributed by atoms with Gasteiger partial charge in [0.25, 0.3) is 0 Å². The van der Waals surface area contributed by atoms with Gasteiger partial charge in [0.15, 0.2) is 0 Å². The molecule has 4 nitrogen and oxygen atoms in total. The topological polar surface area (TPSA) is 55.9 Å². The minimum atomic E-state index is -0.0432. The predicted molar refractivity (Wildman–Crippen MR) is 82.5 cm³/mol. The van der Waals surface area contributed by atoms with Gasteiger partial charge >= 0.3 is 0 Å². The molecule has 1 aromatic heterocycles. The van der Waals surface area contributed by atoms with E-state index in [0.29, 0.717) is 5.02 Å². The van der Waals surface area contributed by atoms with Crippen molar-refractivity contribution in [2.45, 2.75) is 39.3 Å². The van der Waals surface area contributed by atoms with Crippen LogP contribution in [0.25, 0.3) is 0 Å². The summed E-state index contributed by atoms with van der Waals surface area (Å²) in [6, 6.07) is 8.37. The van der Waals surface area contributed by atoms with E-state index in [2.05, 4.69) is 48.6 Å². The van der Waals surface area contributed by atoms with Crippen molar-refractivity contribution in [1.29, 1.82) is 0 Å². The Kier molecular flexibility index (Phi) is 5.17. The Labute approximate surface area is 124 Å². The van der Waals surface area contributed by atoms with Crippen LogP contribution < -0.4 is 11.3 Å². The fraction of sp³-hybridized carbons (Fsp3) is 0.400. The molecule has 0 aliphatic carbocycles. The standard InChI is InChI=1S/C15H21ClN4/c1-3-7-20-15(13(16)10-18-20)14(19-17)9-12-6-4-5-11(2)8-12/h4-6,8,10,14,19H,3,7,9,17H2,1-2H3. The third kappa shape index (κ3) is 3.39. The minimum Gasteiger partial charge on any atom is -0.271 e. The predicted octanol–water partition coefficient (Wildman–Crippen LogP) is 3.00. The molecule has 2 rings (SSSR count). The average Bonchev–Trinajstić information content (AvgIpc) is 2.78. The quantitative estimate of drug-likeness (QED) is 0.636. The maximum atomic E-state index is 6.27. The highest BCUT2D eigenvalue weighted by Gasteiger charge is 2.19. The fourth-order valence-electron chi connectivity index (χ4n) is 2.42. The summed E-state index contributed by atoms with van der Waals surface area (Å²) in [5, 5.41) is 4.98. The van der Waals surface area contributed by atoms with E-state index >= 15 is 0 Å². The lowest BCUT2D eigenvalue weighted by Gasteiger charge is -2.18. The molecule has 0 saturated carbocycles. The third-order valence-corrected chi connectivity index (χ3v) is 3.61. The van der Waals surface area contributed by atoms with Crippen LogP contribution in [0.3, 0.4) is 0 Å². The molecule has 0 spiro atoms. The SMILES string of the molecule is CCCn1ncc(Cl)c1C(Cc1cccc(C)c1)NN. The number of benzene rings is 1. The molecule has 1 aromatic carbocycles. The third-order valence-electron chi connectivity index (χ3n) is 3.32. The number of aryl methyl sites for hydroxylation is 2. The van der Waals surface area contributed by atoms with Crippen LogP contribution >= 0.6 is 11.6 Å². The second-order valence-electron chi connectivity index (χ2n) is 5.01. The van der Waals surface area contributed by atoms with Gasteiger partial charge in [-0.1, -0.05) is 48.4 Å². The molecule has 108 valence electrons. The Hall–Kier alpha value is -1.36. The maximum Gasteiger partial charge on any atom is 0.0834 e. The van der Waals surface area contributed by atoms with Crippen LogP contribution in [0.2, 0.25) is 5.02 Å². The first-order valence-corrected chi connectivity index (χ1v) is 7.26. The van der Waals surface area contributed by atoms with E-state index < -0.39 is 0 Å². The first kappa shape index (κ1) is 15.0. The van der Waals surface area contributed by atoms with Gasteiger partial charge in [0.2, 0.25) is 0 Å². The molecule has 0 fully saturated rings. The van der Waals surface area contributed by atoms with Gasteiger partial charge in [-0.25, -0.2) is 0 Å². The molecule has 1 unspecified atom stereocenters. The van der Waals surface area contributed by atoms with Gasteiger partial charge in [0.05, 0.1) is 23.0 Å². The summed E-state index contributed by atoms with van der Waals surface area (Å²) in [5.41, 5.74) is 6.29. The number of hydrogen-bond donors (Lipinski definition) is 2. The van der Waals surface area contributed by atoms with Crippen LogP contribution in [-0.2, 0) is 13.0 Å². The number of nitrogens with one attached hydrogen (secondary N) is 1. The van der Waals surface area contributed by atoms with Crippen LogP contribution in [0, 0.1) is 6.92 Å². The normalized spacial score (nSPS) is 12.6. The number of nitrogens with two attached hydrogens (primary N) is 1. The molecular weight excluding hydrogens is 272 g/mol. The van der Waals surface area contributed by atoms with Gasteiger partial charge in [0.1, 0.15) is 0 Å². The van der Waals surface area contributed by atoms with Crippen molar-refractivity contribution in [3.63, 3.8) is 0 Å². The van der Waals surface area contributed by atoms with Crippen molar-refractivity contribution in [3.05, 3.63) is 52.3 Å². The molecule has 20 heavy (non-hydrogen) atoms. The summed E-state index contributed by atoms with van der Waals surface area (Å²) in [5.74, 6) is 5.73. The molecule has 2 aromatic rings. The number of aromatic nitrogens is 2. The van der Waals surface area contributed by atoms with Crippen molar-refractivity contribution in [2.75, 3.05) is 0 Å². The van der Waals surface area contributed by atoms with Crippen molar-refractivity contribution in [1.82, 2.24) is 15.2 Å². The van der Waals surface area contributed by atoms with Gasteiger partial charge in [-0.3, -0.25) is 16.0 Å². The molecule has 0 aliphatic rings. The molecule has 5 heteroatoms. The lowest BCUT2D eigenvalue weighted by Crippen LogP contribution is -2.31. The number of rotatable bonds is 6. The Bertz CT molecular complexity index is 565. The Morgan fingerprint density at radius 1 is 1.45 bits per heavy atom. The van der Waals surface area contributed by atoms with Crippen molar-refractivity contribution in [3.8, 4) is 0 Å². The van der Waals surface area contributed by atoms with E-state index in [9.17, 15) is 0 Å². The summed E-state index contributed by atoms with van der Waals surface area (Å²) in [7, 11) is 0. The number of nitrogens with zero attached hydrogens (tertiary/aromatic N) is 2. The highest BCUT2D eigenvalue weighted by molar-refractivity contribution is 6.31. The monoisotopic (exact) mass is 292 g/mol. The molecule has 3 N–H and O–H groups in total. The smallest absolute Gasteiger partial charge is 0.0834 e. The molecule has 0 amide bonds. The first-order chi connectivity index (χ1) is 9.65. The van der Waals surface area contributed by atoms with Crippen molar-refractivity contribution >= 4 is 11.6 Å². The van der Waals surface area contributed by atoms with Gasteiger partial charge < -0.3 is 0 Å².